The van der Waals surface area contributed by atoms with Gasteiger partial charge in [-0.2, -0.15) is 0 Å². The summed E-state index contributed by atoms with van der Waals surface area (Å²) in [6.45, 7) is 1.80. The van der Waals surface area contributed by atoms with Crippen molar-refractivity contribution in [2.24, 2.45) is 0 Å². The fourth-order valence-electron chi connectivity index (χ4n) is 1.85. The van der Waals surface area contributed by atoms with E-state index < -0.39 is 0 Å². The Balaban J connectivity index is 2.59. The fraction of sp³-hybridized carbons (Fsp3) is 0.0909. The zero-order valence-electron chi connectivity index (χ0n) is 8.49. The summed E-state index contributed by atoms with van der Waals surface area (Å²) in [5.41, 5.74) is 7.60. The van der Waals surface area contributed by atoms with E-state index in [1.165, 1.54) is 12.1 Å². The Kier molecular flexibility index (Phi) is 1.65. The lowest BCUT2D eigenvalue weighted by Gasteiger charge is -2.01. The van der Waals surface area contributed by atoms with Gasteiger partial charge in [-0.1, -0.05) is 5.16 Å². The molecule has 2 heterocycles. The number of aromatic nitrogens is 2. The van der Waals surface area contributed by atoms with Crippen LogP contribution in [0, 0.1) is 12.7 Å². The van der Waals surface area contributed by atoms with Gasteiger partial charge in [-0.05, 0) is 24.6 Å². The highest BCUT2D eigenvalue weighted by Gasteiger charge is 2.12. The number of fused-ring (bicyclic) bond motifs is 3. The average molecular weight is 217 g/mol. The molecule has 0 spiro atoms. The van der Waals surface area contributed by atoms with Crippen molar-refractivity contribution in [1.82, 2.24) is 10.1 Å². The molecule has 0 aliphatic carbocycles. The van der Waals surface area contributed by atoms with Gasteiger partial charge >= 0.3 is 0 Å². The Morgan fingerprint density at radius 3 is 2.88 bits per heavy atom. The van der Waals surface area contributed by atoms with Crippen molar-refractivity contribution in [2.75, 3.05) is 5.73 Å². The predicted molar refractivity (Wildman–Crippen MR) is 58.4 cm³/mol. The summed E-state index contributed by atoms with van der Waals surface area (Å²) in [7, 11) is 0. The minimum atomic E-state index is -0.319. The van der Waals surface area contributed by atoms with E-state index in [0.29, 0.717) is 21.8 Å². The van der Waals surface area contributed by atoms with Crippen LogP contribution < -0.4 is 5.73 Å². The van der Waals surface area contributed by atoms with Gasteiger partial charge in [0.25, 0.3) is 0 Å². The van der Waals surface area contributed by atoms with E-state index in [1.54, 1.807) is 13.1 Å². The summed E-state index contributed by atoms with van der Waals surface area (Å²) in [5.74, 6) is -0.118. The van der Waals surface area contributed by atoms with Crippen LogP contribution in [-0.4, -0.2) is 10.1 Å². The quantitative estimate of drug-likeness (QED) is 0.628. The number of hydrogen-bond acceptors (Lipinski definition) is 4. The summed E-state index contributed by atoms with van der Waals surface area (Å²) in [6, 6.07) is 2.82. The maximum atomic E-state index is 13.3. The van der Waals surface area contributed by atoms with Crippen molar-refractivity contribution in [3.63, 3.8) is 0 Å². The van der Waals surface area contributed by atoms with Crippen LogP contribution in [0.5, 0.6) is 0 Å². The lowest BCUT2D eigenvalue weighted by molar-refractivity contribution is 0.445. The lowest BCUT2D eigenvalue weighted by atomic mass is 10.1. The topological polar surface area (TPSA) is 64.9 Å². The number of halogens is 1. The summed E-state index contributed by atoms with van der Waals surface area (Å²) < 4.78 is 18.2. The van der Waals surface area contributed by atoms with Crippen LogP contribution in [0.15, 0.2) is 22.9 Å². The first kappa shape index (κ1) is 9.08. The molecule has 2 aromatic heterocycles. The molecule has 3 aromatic rings. The van der Waals surface area contributed by atoms with Crippen LogP contribution in [0.3, 0.4) is 0 Å². The molecule has 0 aliphatic rings. The number of anilines is 1. The Hall–Kier alpha value is -2.17. The first-order valence-corrected chi connectivity index (χ1v) is 4.76. The largest absolute Gasteiger partial charge is 0.367 e. The molecule has 2 N–H and O–H groups in total. The number of aryl methyl sites for hydroxylation is 1. The Morgan fingerprint density at radius 1 is 1.25 bits per heavy atom. The highest BCUT2D eigenvalue weighted by Crippen LogP contribution is 2.28. The van der Waals surface area contributed by atoms with Crippen molar-refractivity contribution in [3.8, 4) is 0 Å². The SMILES string of the molecule is Cc1cc(F)cc2c1ncc1c(N)onc12. The zero-order chi connectivity index (χ0) is 11.3. The lowest BCUT2D eigenvalue weighted by Crippen LogP contribution is -1.88. The number of nitrogens with zero attached hydrogens (tertiary/aromatic N) is 2. The molecule has 0 bridgehead atoms. The van der Waals surface area contributed by atoms with Crippen LogP contribution in [-0.2, 0) is 0 Å². The molecule has 0 amide bonds. The molecular weight excluding hydrogens is 209 g/mol. The van der Waals surface area contributed by atoms with Gasteiger partial charge in [-0.25, -0.2) is 4.39 Å². The first-order chi connectivity index (χ1) is 7.66. The zero-order valence-corrected chi connectivity index (χ0v) is 8.49. The number of nitrogens with two attached hydrogens (primary N) is 1. The first-order valence-electron chi connectivity index (χ1n) is 4.76. The van der Waals surface area contributed by atoms with Gasteiger partial charge < -0.3 is 10.3 Å². The molecule has 0 saturated carbocycles. The maximum Gasteiger partial charge on any atom is 0.231 e. The van der Waals surface area contributed by atoms with Crippen molar-refractivity contribution < 1.29 is 8.91 Å². The highest BCUT2D eigenvalue weighted by molar-refractivity contribution is 6.06. The molecule has 5 heteroatoms. The fourth-order valence-corrected chi connectivity index (χ4v) is 1.85. The molecule has 4 nitrogen and oxygen atoms in total. The molecule has 0 saturated heterocycles. The Morgan fingerprint density at radius 2 is 2.06 bits per heavy atom. The van der Waals surface area contributed by atoms with Gasteiger partial charge in [0.05, 0.1) is 10.9 Å². The van der Waals surface area contributed by atoms with Crippen LogP contribution in [0.4, 0.5) is 10.3 Å². The van der Waals surface area contributed by atoms with Crippen LogP contribution in [0.2, 0.25) is 0 Å². The number of benzene rings is 1. The van der Waals surface area contributed by atoms with Crippen molar-refractivity contribution in [1.29, 1.82) is 0 Å². The molecule has 0 radical (unpaired) electrons. The van der Waals surface area contributed by atoms with E-state index >= 15 is 0 Å². The van der Waals surface area contributed by atoms with Crippen molar-refractivity contribution >= 4 is 27.7 Å². The number of nitrogen functional groups attached to an aromatic ring is 1. The predicted octanol–water partition coefficient (Wildman–Crippen LogP) is 2.41. The third kappa shape index (κ3) is 1.08. The smallest absolute Gasteiger partial charge is 0.231 e. The third-order valence-electron chi connectivity index (χ3n) is 2.60. The van der Waals surface area contributed by atoms with Crippen LogP contribution in [0.1, 0.15) is 5.56 Å². The van der Waals surface area contributed by atoms with E-state index in [9.17, 15) is 4.39 Å². The molecule has 3 rings (SSSR count). The molecule has 80 valence electrons. The second-order valence-corrected chi connectivity index (χ2v) is 3.69. The van der Waals surface area contributed by atoms with Gasteiger partial charge in [0.1, 0.15) is 11.3 Å². The van der Waals surface area contributed by atoms with Gasteiger partial charge in [-0.15, -0.1) is 0 Å². The summed E-state index contributed by atoms with van der Waals surface area (Å²) >= 11 is 0. The van der Waals surface area contributed by atoms with E-state index in [0.717, 1.165) is 5.56 Å². The Labute approximate surface area is 89.9 Å². The van der Waals surface area contributed by atoms with Gasteiger partial charge in [0.15, 0.2) is 0 Å². The van der Waals surface area contributed by atoms with Crippen molar-refractivity contribution in [3.05, 3.63) is 29.7 Å². The summed E-state index contributed by atoms with van der Waals surface area (Å²) in [4.78, 5) is 4.24. The monoisotopic (exact) mass is 217 g/mol. The molecule has 16 heavy (non-hydrogen) atoms. The molecule has 0 fully saturated rings. The molecule has 0 atom stereocenters. The number of pyridine rings is 1. The number of rotatable bonds is 0. The molecular formula is C11H8FN3O. The normalized spacial score (nSPS) is 11.4. The summed E-state index contributed by atoms with van der Waals surface area (Å²) in [6.07, 6.45) is 1.59. The molecule has 0 aliphatic heterocycles. The van der Waals surface area contributed by atoms with E-state index in [2.05, 4.69) is 10.1 Å². The highest BCUT2D eigenvalue weighted by atomic mass is 19.1. The second-order valence-electron chi connectivity index (χ2n) is 3.69. The standard InChI is InChI=1S/C11H8FN3O/c1-5-2-6(12)3-7-9(5)14-4-8-10(7)15-16-11(8)13/h2-4H,13H2,1H3. The Bertz CT molecular complexity index is 705. The van der Waals surface area contributed by atoms with Gasteiger partial charge in [0, 0.05) is 11.6 Å². The molecule has 1 aromatic carbocycles. The average Bonchev–Trinajstić information content (AvgIpc) is 2.60. The minimum absolute atomic E-state index is 0.200. The van der Waals surface area contributed by atoms with Crippen LogP contribution in [0.25, 0.3) is 21.8 Å². The number of hydrogen-bond donors (Lipinski definition) is 1. The van der Waals surface area contributed by atoms with E-state index in [1.807, 2.05) is 0 Å². The van der Waals surface area contributed by atoms with Gasteiger partial charge in [-0.3, -0.25) is 4.98 Å². The summed E-state index contributed by atoms with van der Waals surface area (Å²) in [5, 5.41) is 5.05. The third-order valence-corrected chi connectivity index (χ3v) is 2.60. The molecule has 0 unspecified atom stereocenters. The van der Waals surface area contributed by atoms with E-state index in [4.69, 9.17) is 10.3 Å². The maximum absolute atomic E-state index is 13.3. The van der Waals surface area contributed by atoms with Crippen LogP contribution >= 0.6 is 0 Å². The second kappa shape index (κ2) is 2.91. The van der Waals surface area contributed by atoms with Gasteiger partial charge in [0.2, 0.25) is 5.88 Å². The van der Waals surface area contributed by atoms with E-state index in [-0.39, 0.29) is 11.7 Å². The van der Waals surface area contributed by atoms with Crippen molar-refractivity contribution in [2.45, 2.75) is 6.92 Å². The minimum Gasteiger partial charge on any atom is -0.367 e.